The Kier molecular flexibility index (Phi) is 7.55. The lowest BCUT2D eigenvalue weighted by Gasteiger charge is -2.43. The first-order chi connectivity index (χ1) is 15.0. The van der Waals surface area contributed by atoms with Gasteiger partial charge in [-0.1, -0.05) is 67.3 Å². The number of benzene rings is 2. The van der Waals surface area contributed by atoms with Crippen molar-refractivity contribution in [3.63, 3.8) is 0 Å². The zero-order valence-electron chi connectivity index (χ0n) is 18.2. The van der Waals surface area contributed by atoms with Crippen LogP contribution in [-0.2, 0) is 6.61 Å². The minimum atomic E-state index is -0.704. The van der Waals surface area contributed by atoms with Crippen LogP contribution in [0.15, 0.2) is 48.5 Å². The van der Waals surface area contributed by atoms with Crippen molar-refractivity contribution >= 4 is 11.6 Å². The van der Waals surface area contributed by atoms with Crippen LogP contribution in [0.5, 0.6) is 5.75 Å². The fourth-order valence-electron chi connectivity index (χ4n) is 5.04. The first-order valence-electron chi connectivity index (χ1n) is 11.6. The van der Waals surface area contributed by atoms with Crippen LogP contribution in [0.2, 0.25) is 5.02 Å². The first-order valence-corrected chi connectivity index (χ1v) is 12.0. The molecule has 1 unspecified atom stereocenters. The van der Waals surface area contributed by atoms with Crippen molar-refractivity contribution in [3.05, 3.63) is 64.7 Å². The summed E-state index contributed by atoms with van der Waals surface area (Å²) in [6.45, 7) is 3.02. The summed E-state index contributed by atoms with van der Waals surface area (Å²) in [6, 6.07) is 16.1. The van der Waals surface area contributed by atoms with E-state index >= 15 is 0 Å². The third kappa shape index (κ3) is 5.81. The molecule has 0 aromatic heterocycles. The van der Waals surface area contributed by atoms with Crippen LogP contribution in [0.1, 0.15) is 62.0 Å². The molecular weight excluding hydrogens is 410 g/mol. The molecule has 1 aliphatic heterocycles. The number of piperidine rings is 1. The van der Waals surface area contributed by atoms with E-state index in [2.05, 4.69) is 11.0 Å². The fourth-order valence-corrected chi connectivity index (χ4v) is 5.29. The van der Waals surface area contributed by atoms with E-state index in [9.17, 15) is 10.2 Å². The molecule has 5 heteroatoms. The van der Waals surface area contributed by atoms with Gasteiger partial charge in [0.2, 0.25) is 0 Å². The first kappa shape index (κ1) is 22.6. The molecule has 2 aromatic rings. The minimum absolute atomic E-state index is 0.00344. The maximum atomic E-state index is 11.6. The Hall–Kier alpha value is -1.59. The van der Waals surface area contributed by atoms with E-state index in [0.717, 1.165) is 69.3 Å². The zero-order chi connectivity index (χ0) is 21.7. The van der Waals surface area contributed by atoms with Gasteiger partial charge in [0.15, 0.2) is 0 Å². The van der Waals surface area contributed by atoms with E-state index in [1.54, 1.807) is 0 Å². The Morgan fingerprint density at radius 1 is 1.03 bits per heavy atom. The molecule has 2 aromatic carbocycles. The van der Waals surface area contributed by atoms with Gasteiger partial charge in [0.1, 0.15) is 12.4 Å². The van der Waals surface area contributed by atoms with Crippen molar-refractivity contribution in [3.8, 4) is 5.75 Å². The van der Waals surface area contributed by atoms with Crippen LogP contribution in [0, 0.1) is 0 Å². The van der Waals surface area contributed by atoms with E-state index < -0.39 is 5.60 Å². The lowest BCUT2D eigenvalue weighted by Crippen LogP contribution is -2.46. The average molecular weight is 444 g/mol. The van der Waals surface area contributed by atoms with Gasteiger partial charge >= 0.3 is 0 Å². The van der Waals surface area contributed by atoms with Crippen LogP contribution in [-0.4, -0.2) is 46.5 Å². The molecule has 1 saturated heterocycles. The highest BCUT2D eigenvalue weighted by molar-refractivity contribution is 6.32. The van der Waals surface area contributed by atoms with E-state index in [1.807, 2.05) is 42.5 Å². The summed E-state index contributed by atoms with van der Waals surface area (Å²) in [5, 5.41) is 22.1. The van der Waals surface area contributed by atoms with Crippen molar-refractivity contribution in [1.29, 1.82) is 0 Å². The zero-order valence-corrected chi connectivity index (χ0v) is 18.9. The van der Waals surface area contributed by atoms with E-state index in [4.69, 9.17) is 16.3 Å². The third-order valence-electron chi connectivity index (χ3n) is 6.96. The number of aliphatic hydroxyl groups is 2. The largest absolute Gasteiger partial charge is 0.487 e. The van der Waals surface area contributed by atoms with Crippen LogP contribution in [0.4, 0.5) is 0 Å². The molecule has 1 saturated carbocycles. The van der Waals surface area contributed by atoms with Crippen molar-refractivity contribution in [2.24, 2.45) is 0 Å². The monoisotopic (exact) mass is 443 g/mol. The molecule has 4 rings (SSSR count). The lowest BCUT2D eigenvalue weighted by molar-refractivity contribution is -0.0353. The summed E-state index contributed by atoms with van der Waals surface area (Å²) in [6.07, 6.45) is 6.41. The minimum Gasteiger partial charge on any atom is -0.487 e. The highest BCUT2D eigenvalue weighted by atomic mass is 35.5. The Balaban J connectivity index is 1.51. The Labute approximate surface area is 190 Å². The molecule has 2 N–H and O–H groups in total. The molecule has 31 heavy (non-hydrogen) atoms. The van der Waals surface area contributed by atoms with Gasteiger partial charge in [-0.15, -0.1) is 0 Å². The summed E-state index contributed by atoms with van der Waals surface area (Å²) in [5.74, 6) is 0.675. The van der Waals surface area contributed by atoms with Gasteiger partial charge in [-0.3, -0.25) is 0 Å². The summed E-state index contributed by atoms with van der Waals surface area (Å²) in [4.78, 5) is 2.39. The number of hydrogen-bond acceptors (Lipinski definition) is 4. The number of hydrogen-bond donors (Lipinski definition) is 2. The molecule has 0 spiro atoms. The molecule has 2 aliphatic rings. The summed E-state index contributed by atoms with van der Waals surface area (Å²) in [5.41, 5.74) is 1.47. The molecule has 4 nitrogen and oxygen atoms in total. The van der Waals surface area contributed by atoms with Crippen molar-refractivity contribution in [1.82, 2.24) is 4.90 Å². The number of ether oxygens (including phenoxy) is 1. The SMILES string of the molecule is OC1CCN(CC(c2ccc(OCc3ccccc3)c(Cl)c2)C2(O)CCCCC2)CC1. The molecular formula is C26H34ClNO3. The van der Waals surface area contributed by atoms with Crippen LogP contribution >= 0.6 is 11.6 Å². The topological polar surface area (TPSA) is 52.9 Å². The van der Waals surface area contributed by atoms with E-state index in [0.29, 0.717) is 17.4 Å². The lowest BCUT2D eigenvalue weighted by atomic mass is 9.72. The van der Waals surface area contributed by atoms with Gasteiger partial charge in [0, 0.05) is 25.6 Å². The number of halogens is 1. The van der Waals surface area contributed by atoms with Crippen molar-refractivity contribution in [2.45, 2.75) is 69.2 Å². The van der Waals surface area contributed by atoms with Gasteiger partial charge < -0.3 is 19.8 Å². The predicted octanol–water partition coefficient (Wildman–Crippen LogP) is 5.15. The van der Waals surface area contributed by atoms with Gasteiger partial charge in [-0.2, -0.15) is 0 Å². The van der Waals surface area contributed by atoms with E-state index in [-0.39, 0.29) is 12.0 Å². The molecule has 1 atom stereocenters. The van der Waals surface area contributed by atoms with Gasteiger partial charge in [0.05, 0.1) is 16.7 Å². The highest BCUT2D eigenvalue weighted by Gasteiger charge is 2.40. The number of aliphatic hydroxyl groups excluding tert-OH is 1. The second-order valence-corrected chi connectivity index (χ2v) is 9.62. The average Bonchev–Trinajstić information content (AvgIpc) is 2.79. The molecule has 2 fully saturated rings. The van der Waals surface area contributed by atoms with Crippen molar-refractivity contribution < 1.29 is 14.9 Å². The standard InChI is InChI=1S/C26H34ClNO3/c27-24-17-21(9-10-25(24)31-19-20-7-3-1-4-8-20)23(26(30)13-5-2-6-14-26)18-28-15-11-22(29)12-16-28/h1,3-4,7-10,17,22-23,29-30H,2,5-6,11-16,18-19H2. The number of nitrogens with zero attached hydrogens (tertiary/aromatic N) is 1. The van der Waals surface area contributed by atoms with Crippen LogP contribution in [0.25, 0.3) is 0 Å². The second kappa shape index (κ2) is 10.4. The quantitative estimate of drug-likeness (QED) is 0.621. The molecule has 0 amide bonds. The van der Waals surface area contributed by atoms with Crippen LogP contribution in [0.3, 0.4) is 0 Å². The number of rotatable bonds is 7. The Morgan fingerprint density at radius 2 is 1.74 bits per heavy atom. The molecule has 1 aliphatic carbocycles. The number of likely N-dealkylation sites (tertiary alicyclic amines) is 1. The van der Waals surface area contributed by atoms with Gasteiger partial charge in [0.25, 0.3) is 0 Å². The smallest absolute Gasteiger partial charge is 0.138 e. The predicted molar refractivity (Wildman–Crippen MR) is 125 cm³/mol. The maximum absolute atomic E-state index is 11.6. The molecule has 168 valence electrons. The molecule has 0 bridgehead atoms. The fraction of sp³-hybridized carbons (Fsp3) is 0.538. The summed E-state index contributed by atoms with van der Waals surface area (Å²) in [7, 11) is 0. The molecule has 1 heterocycles. The second-order valence-electron chi connectivity index (χ2n) is 9.21. The van der Waals surface area contributed by atoms with Crippen molar-refractivity contribution in [2.75, 3.05) is 19.6 Å². The third-order valence-corrected chi connectivity index (χ3v) is 7.26. The Bertz CT molecular complexity index is 830. The highest BCUT2D eigenvalue weighted by Crippen LogP contribution is 2.42. The maximum Gasteiger partial charge on any atom is 0.138 e. The molecule has 0 radical (unpaired) electrons. The summed E-state index contributed by atoms with van der Waals surface area (Å²) >= 11 is 6.63. The van der Waals surface area contributed by atoms with Gasteiger partial charge in [-0.25, -0.2) is 0 Å². The summed E-state index contributed by atoms with van der Waals surface area (Å²) < 4.78 is 5.96. The van der Waals surface area contributed by atoms with Crippen LogP contribution < -0.4 is 4.74 Å². The Morgan fingerprint density at radius 3 is 2.42 bits per heavy atom. The normalized spacial score (nSPS) is 21.0. The van der Waals surface area contributed by atoms with E-state index in [1.165, 1.54) is 6.42 Å². The van der Waals surface area contributed by atoms with Gasteiger partial charge in [-0.05, 0) is 48.9 Å².